The zero-order chi connectivity index (χ0) is 14.0. The predicted octanol–water partition coefficient (Wildman–Crippen LogP) is 1.41. The average molecular weight is 282 g/mol. The van der Waals surface area contributed by atoms with E-state index in [0.29, 0.717) is 0 Å². The molecular formula is C12H9FNO4S-. The molecule has 0 amide bonds. The van der Waals surface area contributed by atoms with E-state index in [-0.39, 0.29) is 16.3 Å². The first kappa shape index (κ1) is 13.2. The molecule has 0 radical (unpaired) electrons. The van der Waals surface area contributed by atoms with E-state index < -0.39 is 21.6 Å². The molecule has 2 rings (SSSR count). The lowest BCUT2D eigenvalue weighted by Gasteiger charge is -2.12. The number of hydrogen-bond acceptors (Lipinski definition) is 4. The highest BCUT2D eigenvalue weighted by molar-refractivity contribution is 7.92. The Morgan fingerprint density at radius 1 is 1.11 bits per heavy atom. The Labute approximate surface area is 109 Å². The van der Waals surface area contributed by atoms with E-state index in [1.165, 1.54) is 0 Å². The summed E-state index contributed by atoms with van der Waals surface area (Å²) >= 11 is 0. The summed E-state index contributed by atoms with van der Waals surface area (Å²) in [5, 5.41) is 20.3. The maximum absolute atomic E-state index is 12.7. The van der Waals surface area contributed by atoms with E-state index in [1.54, 1.807) is 0 Å². The van der Waals surface area contributed by atoms with Crippen LogP contribution in [0, 0.1) is 5.82 Å². The summed E-state index contributed by atoms with van der Waals surface area (Å²) in [6, 6.07) is 7.29. The molecule has 0 bridgehead atoms. The Balaban J connectivity index is 2.33. The van der Waals surface area contributed by atoms with Crippen LogP contribution in [0.1, 0.15) is 0 Å². The lowest BCUT2D eigenvalue weighted by Crippen LogP contribution is -2.13. The van der Waals surface area contributed by atoms with E-state index >= 15 is 0 Å². The molecule has 0 saturated carbocycles. The quantitative estimate of drug-likeness (QED) is 0.890. The van der Waals surface area contributed by atoms with Crippen molar-refractivity contribution in [3.05, 3.63) is 48.3 Å². The van der Waals surface area contributed by atoms with Gasteiger partial charge in [0.05, 0.1) is 10.6 Å². The van der Waals surface area contributed by atoms with Gasteiger partial charge < -0.3 is 10.2 Å². The Morgan fingerprint density at radius 2 is 1.74 bits per heavy atom. The Kier molecular flexibility index (Phi) is 3.30. The fourth-order valence-corrected chi connectivity index (χ4v) is 2.51. The number of sulfonamides is 1. The molecule has 0 saturated heterocycles. The van der Waals surface area contributed by atoms with Gasteiger partial charge in [0.1, 0.15) is 11.6 Å². The molecule has 2 aromatic rings. The van der Waals surface area contributed by atoms with Gasteiger partial charge >= 0.3 is 0 Å². The highest BCUT2D eigenvalue weighted by atomic mass is 32.2. The van der Waals surface area contributed by atoms with Crippen LogP contribution in [0.3, 0.4) is 0 Å². The Hall–Kier alpha value is -2.28. The molecule has 0 spiro atoms. The van der Waals surface area contributed by atoms with Crippen molar-refractivity contribution >= 4 is 15.7 Å². The zero-order valence-electron chi connectivity index (χ0n) is 9.50. The third kappa shape index (κ3) is 3.14. The second kappa shape index (κ2) is 4.77. The van der Waals surface area contributed by atoms with Crippen LogP contribution in [0.5, 0.6) is 11.5 Å². The third-order valence-electron chi connectivity index (χ3n) is 2.27. The molecule has 0 heterocycles. The summed E-state index contributed by atoms with van der Waals surface area (Å²) in [6.07, 6.45) is 0. The van der Waals surface area contributed by atoms with Gasteiger partial charge in [-0.2, -0.15) is 0 Å². The summed E-state index contributed by atoms with van der Waals surface area (Å²) in [7, 11) is -3.93. The molecule has 0 aliphatic heterocycles. The van der Waals surface area contributed by atoms with E-state index in [4.69, 9.17) is 0 Å². The lowest BCUT2D eigenvalue weighted by molar-refractivity contribution is -0.268. The van der Waals surface area contributed by atoms with Crippen molar-refractivity contribution in [2.45, 2.75) is 4.90 Å². The van der Waals surface area contributed by atoms with Crippen molar-refractivity contribution in [1.82, 2.24) is 0 Å². The number of phenols is 1. The van der Waals surface area contributed by atoms with E-state index in [0.717, 1.165) is 42.5 Å². The first-order valence-corrected chi connectivity index (χ1v) is 6.64. The Morgan fingerprint density at radius 3 is 2.32 bits per heavy atom. The fourth-order valence-electron chi connectivity index (χ4n) is 1.47. The molecular weight excluding hydrogens is 273 g/mol. The maximum atomic E-state index is 12.7. The van der Waals surface area contributed by atoms with Gasteiger partial charge in [-0.15, -0.1) is 5.75 Å². The summed E-state index contributed by atoms with van der Waals surface area (Å²) in [4.78, 5) is -0.148. The second-order valence-electron chi connectivity index (χ2n) is 3.78. The number of benzene rings is 2. The number of rotatable bonds is 3. The van der Waals surface area contributed by atoms with E-state index in [9.17, 15) is 23.0 Å². The van der Waals surface area contributed by atoms with E-state index in [2.05, 4.69) is 4.72 Å². The molecule has 5 nitrogen and oxygen atoms in total. The zero-order valence-corrected chi connectivity index (χ0v) is 10.3. The average Bonchev–Trinajstić information content (AvgIpc) is 2.27. The van der Waals surface area contributed by atoms with Gasteiger partial charge in [0.15, 0.2) is 0 Å². The molecule has 2 N–H and O–H groups in total. The van der Waals surface area contributed by atoms with Crippen LogP contribution >= 0.6 is 0 Å². The summed E-state index contributed by atoms with van der Waals surface area (Å²) in [6.45, 7) is 0. The molecule has 0 aliphatic rings. The maximum Gasteiger partial charge on any atom is 0.261 e. The summed E-state index contributed by atoms with van der Waals surface area (Å²) in [5.74, 6) is -1.43. The lowest BCUT2D eigenvalue weighted by atomic mass is 10.3. The van der Waals surface area contributed by atoms with Crippen LogP contribution in [0.4, 0.5) is 10.1 Å². The summed E-state index contributed by atoms with van der Waals surface area (Å²) < 4.78 is 38.7. The first-order chi connectivity index (χ1) is 8.87. The molecule has 0 unspecified atom stereocenters. The molecule has 0 fully saturated rings. The third-order valence-corrected chi connectivity index (χ3v) is 3.66. The minimum Gasteiger partial charge on any atom is -0.872 e. The standard InChI is InChI=1S/C12H10FNO4S/c13-8-1-3-12(4-2-8)19(17,18)14-9-5-10(15)7-11(16)6-9/h1-7,14-16H/p-1. The van der Waals surface area contributed by atoms with Crippen molar-refractivity contribution in [2.24, 2.45) is 0 Å². The number of nitrogens with one attached hydrogen (secondary N) is 1. The highest BCUT2D eigenvalue weighted by Gasteiger charge is 2.14. The molecule has 2 aromatic carbocycles. The van der Waals surface area contributed by atoms with Crippen molar-refractivity contribution in [3.63, 3.8) is 0 Å². The number of anilines is 1. The highest BCUT2D eigenvalue weighted by Crippen LogP contribution is 2.24. The van der Waals surface area contributed by atoms with Crippen molar-refractivity contribution in [3.8, 4) is 11.5 Å². The summed E-state index contributed by atoms with van der Waals surface area (Å²) in [5.41, 5.74) is -0.0608. The molecule has 0 atom stereocenters. The van der Waals surface area contributed by atoms with Crippen LogP contribution in [0.2, 0.25) is 0 Å². The van der Waals surface area contributed by atoms with Gasteiger partial charge in [0, 0.05) is 6.07 Å². The number of aromatic hydroxyl groups is 1. The van der Waals surface area contributed by atoms with Crippen molar-refractivity contribution in [2.75, 3.05) is 4.72 Å². The molecule has 7 heteroatoms. The minimum absolute atomic E-state index is 0.0608. The van der Waals surface area contributed by atoms with Gasteiger partial charge in [0.25, 0.3) is 10.0 Å². The minimum atomic E-state index is -3.93. The van der Waals surface area contributed by atoms with Crippen LogP contribution < -0.4 is 9.83 Å². The largest absolute Gasteiger partial charge is 0.872 e. The predicted molar refractivity (Wildman–Crippen MR) is 64.8 cm³/mol. The van der Waals surface area contributed by atoms with E-state index in [1.807, 2.05) is 0 Å². The van der Waals surface area contributed by atoms with Gasteiger partial charge in [-0.3, -0.25) is 4.72 Å². The molecule has 0 aromatic heterocycles. The second-order valence-corrected chi connectivity index (χ2v) is 5.46. The first-order valence-electron chi connectivity index (χ1n) is 5.16. The van der Waals surface area contributed by atoms with Gasteiger partial charge in [-0.05, 0) is 36.4 Å². The molecule has 100 valence electrons. The van der Waals surface area contributed by atoms with Gasteiger partial charge in [-0.1, -0.05) is 0 Å². The van der Waals surface area contributed by atoms with Crippen molar-refractivity contribution < 1.29 is 23.0 Å². The number of halogens is 1. The molecule has 19 heavy (non-hydrogen) atoms. The SMILES string of the molecule is O=S(=O)(Nc1cc([O-])cc(O)c1)c1ccc(F)cc1. The fraction of sp³-hybridized carbons (Fsp3) is 0. The van der Waals surface area contributed by atoms with Crippen LogP contribution in [-0.4, -0.2) is 13.5 Å². The van der Waals surface area contributed by atoms with Crippen LogP contribution in [0.25, 0.3) is 0 Å². The van der Waals surface area contributed by atoms with Crippen LogP contribution in [0.15, 0.2) is 47.4 Å². The normalized spacial score (nSPS) is 11.2. The monoisotopic (exact) mass is 282 g/mol. The van der Waals surface area contributed by atoms with Gasteiger partial charge in [-0.25, -0.2) is 12.8 Å². The number of hydrogen-bond donors (Lipinski definition) is 2. The van der Waals surface area contributed by atoms with Crippen molar-refractivity contribution in [1.29, 1.82) is 0 Å². The Bertz CT molecular complexity index is 678. The smallest absolute Gasteiger partial charge is 0.261 e. The molecule has 0 aliphatic carbocycles. The van der Waals surface area contributed by atoms with Crippen LogP contribution in [-0.2, 0) is 10.0 Å². The topological polar surface area (TPSA) is 89.5 Å². The van der Waals surface area contributed by atoms with Gasteiger partial charge in [0.2, 0.25) is 0 Å². The number of phenolic OH excluding ortho intramolecular Hbond substituents is 1.